The van der Waals surface area contributed by atoms with Crippen molar-refractivity contribution in [2.24, 2.45) is 0 Å². The summed E-state index contributed by atoms with van der Waals surface area (Å²) >= 11 is 6.15. The first-order valence-electron chi connectivity index (χ1n) is 8.81. The molecule has 1 aromatic heterocycles. The minimum Gasteiger partial charge on any atom is -0.345 e. The van der Waals surface area contributed by atoms with Crippen LogP contribution in [-0.2, 0) is 10.0 Å². The van der Waals surface area contributed by atoms with Gasteiger partial charge in [-0.1, -0.05) is 23.7 Å². The number of carbonyl (C=O) groups excluding carboxylic acids is 1. The lowest BCUT2D eigenvalue weighted by Gasteiger charge is -2.17. The van der Waals surface area contributed by atoms with Gasteiger partial charge in [0.05, 0.1) is 27.9 Å². The number of nitrogens with zero attached hydrogens (tertiary/aromatic N) is 3. The van der Waals surface area contributed by atoms with Crippen molar-refractivity contribution in [1.29, 1.82) is 0 Å². The van der Waals surface area contributed by atoms with Crippen LogP contribution in [0.2, 0.25) is 5.02 Å². The normalized spacial score (nSPS) is 12.7. The predicted molar refractivity (Wildman–Crippen MR) is 112 cm³/mol. The fourth-order valence-corrected chi connectivity index (χ4v) is 3.89. The number of sulfonamides is 1. The zero-order chi connectivity index (χ0) is 21.2. The van der Waals surface area contributed by atoms with Gasteiger partial charge in [-0.25, -0.2) is 17.7 Å². The quantitative estimate of drug-likeness (QED) is 0.647. The average Bonchev–Trinajstić information content (AvgIpc) is 3.22. The van der Waals surface area contributed by atoms with Gasteiger partial charge in [0.2, 0.25) is 10.0 Å². The Morgan fingerprint density at radius 1 is 1.17 bits per heavy atom. The second kappa shape index (κ2) is 8.36. The van der Waals surface area contributed by atoms with Crippen LogP contribution in [0.4, 0.5) is 0 Å². The van der Waals surface area contributed by atoms with Crippen molar-refractivity contribution >= 4 is 27.5 Å². The van der Waals surface area contributed by atoms with Gasteiger partial charge in [0.15, 0.2) is 0 Å². The highest BCUT2D eigenvalue weighted by Crippen LogP contribution is 2.23. The van der Waals surface area contributed by atoms with Gasteiger partial charge in [-0.05, 0) is 42.8 Å². The second-order valence-corrected chi connectivity index (χ2v) is 9.24. The monoisotopic (exact) mass is 432 g/mol. The maximum Gasteiger partial charge on any atom is 0.253 e. The third kappa shape index (κ3) is 4.50. The third-order valence-corrected chi connectivity index (χ3v) is 6.64. The Morgan fingerprint density at radius 3 is 2.45 bits per heavy atom. The number of aromatic nitrogens is 2. The molecule has 0 bridgehead atoms. The molecule has 3 aromatic rings. The molecule has 0 radical (unpaired) electrons. The van der Waals surface area contributed by atoms with Crippen LogP contribution in [0.25, 0.3) is 5.69 Å². The number of imidazole rings is 1. The van der Waals surface area contributed by atoms with Crippen molar-refractivity contribution in [3.63, 3.8) is 0 Å². The zero-order valence-electron chi connectivity index (χ0n) is 16.2. The number of amides is 1. The molecule has 0 fully saturated rings. The summed E-state index contributed by atoms with van der Waals surface area (Å²) in [5.74, 6) is -0.447. The molecule has 0 aliphatic heterocycles. The van der Waals surface area contributed by atoms with Crippen molar-refractivity contribution in [3.05, 3.63) is 77.3 Å². The summed E-state index contributed by atoms with van der Waals surface area (Å²) in [5.41, 5.74) is 1.96. The SMILES string of the molecule is C[C@@H](NC(=O)c1cc(S(=O)(=O)N(C)C)ccc1Cl)c1ccc(-n2ccnc2)cc1. The molecule has 1 heterocycles. The Balaban J connectivity index is 1.79. The Morgan fingerprint density at radius 2 is 1.86 bits per heavy atom. The van der Waals surface area contributed by atoms with Gasteiger partial charge in [0, 0.05) is 32.2 Å². The molecular formula is C20H21ClN4O3S. The van der Waals surface area contributed by atoms with E-state index in [2.05, 4.69) is 10.3 Å². The summed E-state index contributed by atoms with van der Waals surface area (Å²) in [4.78, 5) is 16.8. The summed E-state index contributed by atoms with van der Waals surface area (Å²) in [6, 6.07) is 11.5. The van der Waals surface area contributed by atoms with E-state index in [0.717, 1.165) is 15.6 Å². The summed E-state index contributed by atoms with van der Waals surface area (Å²) < 4.78 is 27.6. The Kier molecular flexibility index (Phi) is 6.07. The lowest BCUT2D eigenvalue weighted by Crippen LogP contribution is -2.28. The molecule has 7 nitrogen and oxygen atoms in total. The first-order chi connectivity index (χ1) is 13.7. The smallest absolute Gasteiger partial charge is 0.253 e. The number of benzene rings is 2. The fraction of sp³-hybridized carbons (Fsp3) is 0.200. The maximum absolute atomic E-state index is 12.7. The molecule has 1 N–H and O–H groups in total. The number of hydrogen-bond acceptors (Lipinski definition) is 4. The lowest BCUT2D eigenvalue weighted by atomic mass is 10.1. The van der Waals surface area contributed by atoms with Crippen molar-refractivity contribution in [1.82, 2.24) is 19.2 Å². The first kappa shape index (κ1) is 21.0. The molecule has 0 saturated heterocycles. The van der Waals surface area contributed by atoms with Crippen LogP contribution in [0.3, 0.4) is 0 Å². The van der Waals surface area contributed by atoms with Gasteiger partial charge in [0.25, 0.3) is 5.91 Å². The maximum atomic E-state index is 12.7. The Hall–Kier alpha value is -2.68. The first-order valence-corrected chi connectivity index (χ1v) is 10.6. The molecule has 0 aliphatic carbocycles. The summed E-state index contributed by atoms with van der Waals surface area (Å²) in [6.07, 6.45) is 5.25. The number of hydrogen-bond donors (Lipinski definition) is 1. The van der Waals surface area contributed by atoms with Crippen LogP contribution in [0.1, 0.15) is 28.9 Å². The van der Waals surface area contributed by atoms with Crippen LogP contribution < -0.4 is 5.32 Å². The molecule has 1 atom stereocenters. The molecule has 9 heteroatoms. The molecule has 1 amide bonds. The van der Waals surface area contributed by atoms with E-state index < -0.39 is 15.9 Å². The van der Waals surface area contributed by atoms with Crippen LogP contribution in [0.15, 0.2) is 66.1 Å². The summed E-state index contributed by atoms with van der Waals surface area (Å²) in [6.45, 7) is 1.85. The number of halogens is 1. The Bertz CT molecular complexity index is 1110. The zero-order valence-corrected chi connectivity index (χ0v) is 17.8. The van der Waals surface area contributed by atoms with Crippen molar-refractivity contribution in [2.75, 3.05) is 14.1 Å². The highest BCUT2D eigenvalue weighted by molar-refractivity contribution is 7.89. The van der Waals surface area contributed by atoms with E-state index in [1.165, 1.54) is 32.3 Å². The predicted octanol–water partition coefficient (Wildman–Crippen LogP) is 3.27. The lowest BCUT2D eigenvalue weighted by molar-refractivity contribution is 0.0940. The third-order valence-electron chi connectivity index (χ3n) is 4.50. The minimum atomic E-state index is -3.67. The van der Waals surface area contributed by atoms with E-state index in [1.54, 1.807) is 12.5 Å². The van der Waals surface area contributed by atoms with Crippen molar-refractivity contribution < 1.29 is 13.2 Å². The van der Waals surface area contributed by atoms with E-state index in [0.29, 0.717) is 0 Å². The number of carbonyl (C=O) groups is 1. The highest BCUT2D eigenvalue weighted by Gasteiger charge is 2.21. The van der Waals surface area contributed by atoms with Gasteiger partial charge in [0.1, 0.15) is 0 Å². The molecular weight excluding hydrogens is 412 g/mol. The molecule has 152 valence electrons. The van der Waals surface area contributed by atoms with Crippen LogP contribution in [-0.4, -0.2) is 42.3 Å². The highest BCUT2D eigenvalue weighted by atomic mass is 35.5. The Labute approximate surface area is 175 Å². The topological polar surface area (TPSA) is 84.3 Å². The van der Waals surface area contributed by atoms with Crippen LogP contribution >= 0.6 is 11.6 Å². The van der Waals surface area contributed by atoms with E-state index >= 15 is 0 Å². The van der Waals surface area contributed by atoms with E-state index in [9.17, 15) is 13.2 Å². The van der Waals surface area contributed by atoms with Gasteiger partial charge >= 0.3 is 0 Å². The van der Waals surface area contributed by atoms with Gasteiger partial charge in [-0.2, -0.15) is 0 Å². The molecule has 3 rings (SSSR count). The molecule has 0 spiro atoms. The molecule has 0 unspecified atom stereocenters. The van der Waals surface area contributed by atoms with E-state index in [-0.39, 0.29) is 21.5 Å². The van der Waals surface area contributed by atoms with Crippen LogP contribution in [0.5, 0.6) is 0 Å². The average molecular weight is 433 g/mol. The fourth-order valence-electron chi connectivity index (χ4n) is 2.75. The standard InChI is InChI=1S/C20H21ClN4O3S/c1-14(15-4-6-16(7-5-15)25-11-10-22-13-25)23-20(26)18-12-17(8-9-19(18)21)29(27,28)24(2)3/h4-14H,1-3H3,(H,23,26)/t14-/m1/s1. The molecule has 0 aliphatic rings. The van der Waals surface area contributed by atoms with Crippen molar-refractivity contribution in [3.8, 4) is 5.69 Å². The molecule has 29 heavy (non-hydrogen) atoms. The number of nitrogens with one attached hydrogen (secondary N) is 1. The second-order valence-electron chi connectivity index (χ2n) is 6.69. The van der Waals surface area contributed by atoms with Gasteiger partial charge in [-0.3, -0.25) is 4.79 Å². The van der Waals surface area contributed by atoms with Crippen molar-refractivity contribution in [2.45, 2.75) is 17.9 Å². The van der Waals surface area contributed by atoms with E-state index in [1.807, 2.05) is 42.0 Å². The minimum absolute atomic E-state index is 0.00869. The van der Waals surface area contributed by atoms with E-state index in [4.69, 9.17) is 11.6 Å². The molecule has 0 saturated carbocycles. The molecule has 2 aromatic carbocycles. The van der Waals surface area contributed by atoms with Gasteiger partial charge < -0.3 is 9.88 Å². The van der Waals surface area contributed by atoms with Gasteiger partial charge in [-0.15, -0.1) is 0 Å². The summed E-state index contributed by atoms with van der Waals surface area (Å²) in [7, 11) is -0.810. The number of rotatable bonds is 6. The van der Waals surface area contributed by atoms with Crippen LogP contribution in [0, 0.1) is 0 Å². The summed E-state index contributed by atoms with van der Waals surface area (Å²) in [5, 5.41) is 3.05. The largest absolute Gasteiger partial charge is 0.345 e.